The molecule has 0 aliphatic rings. The molecule has 0 aliphatic carbocycles. The third-order valence-corrected chi connectivity index (χ3v) is 3.61. The molecule has 0 saturated carbocycles. The molecular weight excluding hydrogens is 298 g/mol. The van der Waals surface area contributed by atoms with E-state index in [-0.39, 0.29) is 12.3 Å². The van der Waals surface area contributed by atoms with Crippen LogP contribution in [0.15, 0.2) is 42.6 Å². The molecule has 0 aliphatic heterocycles. The van der Waals surface area contributed by atoms with Gasteiger partial charge in [-0.1, -0.05) is 29.8 Å². The second-order valence-corrected chi connectivity index (χ2v) is 5.79. The first kappa shape index (κ1) is 16.5. The fourth-order valence-corrected chi connectivity index (χ4v) is 2.22. The molecule has 1 heterocycles. The van der Waals surface area contributed by atoms with Crippen molar-refractivity contribution in [3.05, 3.63) is 58.9 Å². The van der Waals surface area contributed by atoms with E-state index in [9.17, 15) is 4.79 Å². The summed E-state index contributed by atoms with van der Waals surface area (Å²) in [4.78, 5) is 18.1. The summed E-state index contributed by atoms with van der Waals surface area (Å²) >= 11 is 5.96. The molecule has 0 unspecified atom stereocenters. The quantitative estimate of drug-likeness (QED) is 0.833. The number of aromatic nitrogens is 1. The van der Waals surface area contributed by atoms with E-state index in [0.717, 1.165) is 24.2 Å². The topological polar surface area (TPSA) is 45.2 Å². The number of rotatable bonds is 6. The molecule has 0 spiro atoms. The predicted molar refractivity (Wildman–Crippen MR) is 90.3 cm³/mol. The number of pyridine rings is 1. The molecular formula is C17H20ClN3O. The van der Waals surface area contributed by atoms with Gasteiger partial charge in [0.15, 0.2) is 0 Å². The Labute approximate surface area is 136 Å². The van der Waals surface area contributed by atoms with Crippen LogP contribution in [0.5, 0.6) is 0 Å². The lowest BCUT2D eigenvalue weighted by Crippen LogP contribution is -2.16. The molecule has 4 nitrogen and oxygen atoms in total. The first-order valence-electron chi connectivity index (χ1n) is 7.17. The number of carbonyl (C=O) groups excluding carboxylic acids is 1. The molecule has 1 amide bonds. The zero-order valence-electron chi connectivity index (χ0n) is 12.8. The van der Waals surface area contributed by atoms with Crippen molar-refractivity contribution < 1.29 is 4.79 Å². The van der Waals surface area contributed by atoms with Gasteiger partial charge in [0.05, 0.1) is 6.42 Å². The molecule has 1 aromatic heterocycles. The molecule has 0 atom stereocenters. The Hall–Kier alpha value is -1.91. The van der Waals surface area contributed by atoms with Gasteiger partial charge < -0.3 is 10.2 Å². The summed E-state index contributed by atoms with van der Waals surface area (Å²) in [6.45, 7) is 1.01. The highest BCUT2D eigenvalue weighted by molar-refractivity contribution is 6.30. The number of anilines is 1. The molecule has 2 rings (SSSR count). The Morgan fingerprint density at radius 1 is 1.23 bits per heavy atom. The molecule has 116 valence electrons. The van der Waals surface area contributed by atoms with E-state index in [1.54, 1.807) is 18.3 Å². The molecule has 2 aromatic rings. The van der Waals surface area contributed by atoms with Gasteiger partial charge in [-0.25, -0.2) is 4.98 Å². The van der Waals surface area contributed by atoms with Crippen molar-refractivity contribution in [2.45, 2.75) is 12.8 Å². The average molecular weight is 318 g/mol. The van der Waals surface area contributed by atoms with Crippen LogP contribution >= 0.6 is 11.6 Å². The number of halogens is 1. The number of hydrogen-bond donors (Lipinski definition) is 1. The fourth-order valence-electron chi connectivity index (χ4n) is 2.04. The lowest BCUT2D eigenvalue weighted by atomic mass is 10.1. The minimum absolute atomic E-state index is 0.101. The van der Waals surface area contributed by atoms with Crippen LogP contribution in [0.2, 0.25) is 5.15 Å². The maximum Gasteiger partial charge on any atom is 0.228 e. The van der Waals surface area contributed by atoms with Crippen LogP contribution in [0.1, 0.15) is 11.1 Å². The van der Waals surface area contributed by atoms with Gasteiger partial charge in [-0.15, -0.1) is 0 Å². The normalized spacial score (nSPS) is 10.7. The highest BCUT2D eigenvalue weighted by Gasteiger charge is 2.07. The van der Waals surface area contributed by atoms with E-state index in [1.807, 2.05) is 24.3 Å². The molecule has 0 saturated heterocycles. The maximum absolute atomic E-state index is 12.0. The van der Waals surface area contributed by atoms with E-state index in [2.05, 4.69) is 29.3 Å². The summed E-state index contributed by atoms with van der Waals surface area (Å²) in [7, 11) is 4.11. The molecule has 1 aromatic carbocycles. The monoisotopic (exact) mass is 317 g/mol. The van der Waals surface area contributed by atoms with Gasteiger partial charge in [0.1, 0.15) is 5.15 Å². The third kappa shape index (κ3) is 5.13. The highest BCUT2D eigenvalue weighted by atomic mass is 35.5. The standard InChI is InChI=1S/C17H20ClN3O/c1-21(2)11-9-13-5-7-15(8-6-13)20-16(22)12-14-4-3-10-19-17(14)18/h3-8,10H,9,11-12H2,1-2H3,(H,20,22). The van der Waals surface area contributed by atoms with E-state index in [1.165, 1.54) is 5.56 Å². The van der Waals surface area contributed by atoms with Crippen molar-refractivity contribution in [1.82, 2.24) is 9.88 Å². The molecule has 22 heavy (non-hydrogen) atoms. The average Bonchev–Trinajstić information content (AvgIpc) is 2.49. The predicted octanol–water partition coefficient (Wildman–Crippen LogP) is 3.02. The Morgan fingerprint density at radius 2 is 1.95 bits per heavy atom. The number of nitrogens with zero attached hydrogens (tertiary/aromatic N) is 2. The number of amides is 1. The van der Waals surface area contributed by atoms with Crippen LogP contribution in [-0.4, -0.2) is 36.4 Å². The van der Waals surface area contributed by atoms with Crippen LogP contribution in [0.3, 0.4) is 0 Å². The molecule has 0 fully saturated rings. The smallest absolute Gasteiger partial charge is 0.228 e. The van der Waals surface area contributed by atoms with Crippen molar-refractivity contribution >= 4 is 23.2 Å². The van der Waals surface area contributed by atoms with Crippen molar-refractivity contribution in [2.75, 3.05) is 26.0 Å². The number of hydrogen-bond acceptors (Lipinski definition) is 3. The summed E-state index contributed by atoms with van der Waals surface area (Å²) in [5.74, 6) is -0.101. The summed E-state index contributed by atoms with van der Waals surface area (Å²) < 4.78 is 0. The van der Waals surface area contributed by atoms with E-state index >= 15 is 0 Å². The van der Waals surface area contributed by atoms with Gasteiger partial charge in [-0.2, -0.15) is 0 Å². The third-order valence-electron chi connectivity index (χ3n) is 3.27. The Morgan fingerprint density at radius 3 is 2.59 bits per heavy atom. The van der Waals surface area contributed by atoms with E-state index < -0.39 is 0 Å². The van der Waals surface area contributed by atoms with Gasteiger partial charge in [0, 0.05) is 18.4 Å². The van der Waals surface area contributed by atoms with Crippen molar-refractivity contribution in [3.8, 4) is 0 Å². The second-order valence-electron chi connectivity index (χ2n) is 5.43. The van der Waals surface area contributed by atoms with Crippen molar-refractivity contribution in [1.29, 1.82) is 0 Å². The number of nitrogens with one attached hydrogen (secondary N) is 1. The minimum atomic E-state index is -0.101. The molecule has 1 N–H and O–H groups in total. The Kier molecular flexibility index (Phi) is 5.92. The molecule has 5 heteroatoms. The van der Waals surface area contributed by atoms with Crippen LogP contribution in [0, 0.1) is 0 Å². The lowest BCUT2D eigenvalue weighted by molar-refractivity contribution is -0.115. The summed E-state index contributed by atoms with van der Waals surface area (Å²) in [5, 5.41) is 3.25. The zero-order chi connectivity index (χ0) is 15.9. The largest absolute Gasteiger partial charge is 0.326 e. The number of benzene rings is 1. The summed E-state index contributed by atoms with van der Waals surface area (Å²) in [6.07, 6.45) is 2.82. The zero-order valence-corrected chi connectivity index (χ0v) is 13.6. The second kappa shape index (κ2) is 7.92. The van der Waals surface area contributed by atoms with Gasteiger partial charge in [0.2, 0.25) is 5.91 Å². The van der Waals surface area contributed by atoms with Crippen LogP contribution in [-0.2, 0) is 17.6 Å². The van der Waals surface area contributed by atoms with Gasteiger partial charge in [0.25, 0.3) is 0 Å². The Balaban J connectivity index is 1.90. The van der Waals surface area contributed by atoms with Crippen LogP contribution in [0.25, 0.3) is 0 Å². The summed E-state index contributed by atoms with van der Waals surface area (Å²) in [5.41, 5.74) is 2.77. The fraction of sp³-hybridized carbons (Fsp3) is 0.294. The Bertz CT molecular complexity index is 626. The minimum Gasteiger partial charge on any atom is -0.326 e. The SMILES string of the molecule is CN(C)CCc1ccc(NC(=O)Cc2cccnc2Cl)cc1. The van der Waals surface area contributed by atoms with Crippen LogP contribution in [0.4, 0.5) is 5.69 Å². The van der Waals surface area contributed by atoms with Gasteiger partial charge in [-0.3, -0.25) is 4.79 Å². The highest BCUT2D eigenvalue weighted by Crippen LogP contribution is 2.14. The lowest BCUT2D eigenvalue weighted by Gasteiger charge is -2.10. The van der Waals surface area contributed by atoms with Crippen molar-refractivity contribution in [3.63, 3.8) is 0 Å². The number of likely N-dealkylation sites (N-methyl/N-ethyl adjacent to an activating group) is 1. The van der Waals surface area contributed by atoms with Crippen LogP contribution < -0.4 is 5.32 Å². The van der Waals surface area contributed by atoms with Gasteiger partial charge >= 0.3 is 0 Å². The maximum atomic E-state index is 12.0. The number of carbonyl (C=O) groups is 1. The van der Waals surface area contributed by atoms with E-state index in [4.69, 9.17) is 11.6 Å². The van der Waals surface area contributed by atoms with E-state index in [0.29, 0.717) is 5.15 Å². The first-order valence-corrected chi connectivity index (χ1v) is 7.55. The molecule has 0 bridgehead atoms. The van der Waals surface area contributed by atoms with Crippen molar-refractivity contribution in [2.24, 2.45) is 0 Å². The van der Waals surface area contributed by atoms with Gasteiger partial charge in [-0.05, 0) is 49.8 Å². The first-order chi connectivity index (χ1) is 10.5. The molecule has 0 radical (unpaired) electrons. The summed E-state index contributed by atoms with van der Waals surface area (Å²) in [6, 6.07) is 11.5.